The fourth-order valence-electron chi connectivity index (χ4n) is 6.11. The molecule has 4 aromatic carbocycles. The van der Waals surface area contributed by atoms with Crippen LogP contribution in [-0.2, 0) is 6.54 Å². The molecule has 7 heteroatoms. The second kappa shape index (κ2) is 10.2. The molecule has 41 heavy (non-hydrogen) atoms. The van der Waals surface area contributed by atoms with E-state index in [4.69, 9.17) is 0 Å². The number of hydrogen-bond donors (Lipinski definition) is 2. The van der Waals surface area contributed by atoms with E-state index in [1.54, 1.807) is 6.07 Å². The Bertz CT molecular complexity index is 1780. The van der Waals surface area contributed by atoms with Crippen LogP contribution in [0.3, 0.4) is 0 Å². The van der Waals surface area contributed by atoms with Gasteiger partial charge < -0.3 is 19.9 Å². The Morgan fingerprint density at radius 2 is 1.76 bits per heavy atom. The Balaban J connectivity index is 1.25. The third-order valence-corrected chi connectivity index (χ3v) is 8.45. The molecule has 0 spiro atoms. The Morgan fingerprint density at radius 1 is 1.00 bits per heavy atom. The third kappa shape index (κ3) is 4.66. The number of nitrogens with one attached hydrogen (secondary N) is 1. The van der Waals surface area contributed by atoms with E-state index in [2.05, 4.69) is 46.2 Å². The van der Waals surface area contributed by atoms with Gasteiger partial charge in [0, 0.05) is 17.7 Å². The van der Waals surface area contributed by atoms with Gasteiger partial charge >= 0.3 is 0 Å². The van der Waals surface area contributed by atoms with E-state index in [0.29, 0.717) is 22.5 Å². The van der Waals surface area contributed by atoms with Gasteiger partial charge in [0.05, 0.1) is 12.4 Å². The van der Waals surface area contributed by atoms with Crippen LogP contribution in [0.4, 0.5) is 4.39 Å². The number of hydrogen-bond acceptors (Lipinski definition) is 4. The predicted molar refractivity (Wildman–Crippen MR) is 157 cm³/mol. The van der Waals surface area contributed by atoms with Crippen molar-refractivity contribution in [2.75, 3.05) is 20.1 Å². The number of amides is 1. The monoisotopic (exact) mass is 547 g/mol. The number of rotatable bonds is 5. The lowest BCUT2D eigenvalue weighted by Crippen LogP contribution is -2.31. The van der Waals surface area contributed by atoms with Crippen molar-refractivity contribution in [3.05, 3.63) is 119 Å². The summed E-state index contributed by atoms with van der Waals surface area (Å²) in [7, 11) is 2.16. The number of H-pyrrole nitrogens is 1. The number of imidazole rings is 1. The Hall–Kier alpha value is -4.49. The lowest BCUT2D eigenvalue weighted by atomic mass is 9.88. The summed E-state index contributed by atoms with van der Waals surface area (Å²) >= 11 is 0. The van der Waals surface area contributed by atoms with Gasteiger partial charge in [-0.2, -0.15) is 0 Å². The van der Waals surface area contributed by atoms with Gasteiger partial charge in [-0.25, -0.2) is 9.37 Å². The van der Waals surface area contributed by atoms with Crippen molar-refractivity contribution in [1.29, 1.82) is 0 Å². The first-order chi connectivity index (χ1) is 20.3. The number of benzene rings is 4. The molecule has 5 aromatic rings. The van der Waals surface area contributed by atoms with Crippen molar-refractivity contribution >= 4 is 16.9 Å². The van der Waals surface area contributed by atoms with Crippen molar-refractivity contribution < 1.29 is 15.7 Å². The van der Waals surface area contributed by atoms with E-state index in [1.807, 2.05) is 36.4 Å². The van der Waals surface area contributed by atoms with Gasteiger partial charge in [-0.1, -0.05) is 48.5 Å². The highest BCUT2D eigenvalue weighted by molar-refractivity contribution is 6.00. The number of aromatic nitrogens is 2. The molecule has 1 fully saturated rings. The highest BCUT2D eigenvalue weighted by Crippen LogP contribution is 2.40. The zero-order valence-corrected chi connectivity index (χ0v) is 22.8. The number of phenolic OH excluding ortho intramolecular Hbond substituents is 1. The predicted octanol–water partition coefficient (Wildman–Crippen LogP) is 6.63. The van der Waals surface area contributed by atoms with Crippen LogP contribution in [-0.4, -0.2) is 50.9 Å². The highest BCUT2D eigenvalue weighted by atomic mass is 19.1. The number of halogens is 1. The maximum atomic E-state index is 14.5. The second-order valence-electron chi connectivity index (χ2n) is 11.1. The van der Waals surface area contributed by atoms with Crippen LogP contribution in [0, 0.1) is 5.82 Å². The number of likely N-dealkylation sites (tertiary alicyclic amines) is 1. The fraction of sp³-hybridized carbons (Fsp3) is 0.235. The summed E-state index contributed by atoms with van der Waals surface area (Å²) in [4.78, 5) is 25.5. The number of fused-ring (bicyclic) bond motifs is 2. The number of aromatic hydroxyl groups is 1. The van der Waals surface area contributed by atoms with Gasteiger partial charge in [-0.3, -0.25) is 4.79 Å². The minimum atomic E-state index is -2.02. The number of para-hydroxylation sites is 2. The Kier molecular flexibility index (Phi) is 6.03. The highest BCUT2D eigenvalue weighted by Gasteiger charge is 2.37. The molecule has 0 radical (unpaired) electrons. The number of carbonyl (C=O) groups excluding carboxylic acids is 1. The van der Waals surface area contributed by atoms with Gasteiger partial charge in [0.1, 0.15) is 23.4 Å². The summed E-state index contributed by atoms with van der Waals surface area (Å²) < 4.78 is 24.2. The summed E-state index contributed by atoms with van der Waals surface area (Å²) in [5.41, 5.74) is 5.73. The summed E-state index contributed by atoms with van der Waals surface area (Å²) in [5, 5.41) is 10.8. The van der Waals surface area contributed by atoms with Gasteiger partial charge in [0.2, 0.25) is 0 Å². The minimum absolute atomic E-state index is 0.0626. The van der Waals surface area contributed by atoms with E-state index < -0.39 is 11.8 Å². The van der Waals surface area contributed by atoms with Crippen LogP contribution >= 0.6 is 0 Å². The Labute approximate surface area is 239 Å². The zero-order valence-electron chi connectivity index (χ0n) is 23.8. The number of carbonyl (C=O) groups is 1. The van der Waals surface area contributed by atoms with Crippen LogP contribution < -0.4 is 0 Å². The quantitative estimate of drug-likeness (QED) is 0.259. The molecule has 2 aliphatic rings. The van der Waals surface area contributed by atoms with Crippen LogP contribution in [0.25, 0.3) is 22.2 Å². The SMILES string of the molecule is [2H][C@@](c1nc2ccccc2[nH]1)(c1cc(F)ccc1O)N1Cc2ccc(-c3ccc(C4CCN(C)CC4)cc3)cc2C1=O. The molecule has 0 aliphatic carbocycles. The minimum Gasteiger partial charge on any atom is -0.508 e. The lowest BCUT2D eigenvalue weighted by Gasteiger charge is -2.29. The molecule has 0 bridgehead atoms. The first-order valence-corrected chi connectivity index (χ1v) is 14.0. The number of nitrogens with zero attached hydrogens (tertiary/aromatic N) is 3. The van der Waals surface area contributed by atoms with Crippen molar-refractivity contribution in [1.82, 2.24) is 19.8 Å². The smallest absolute Gasteiger partial charge is 0.255 e. The largest absolute Gasteiger partial charge is 0.508 e. The average Bonchev–Trinajstić information content (AvgIpc) is 3.60. The molecule has 0 unspecified atom stereocenters. The molecule has 0 saturated carbocycles. The van der Waals surface area contributed by atoms with E-state index in [9.17, 15) is 15.7 Å². The molecule has 7 rings (SSSR count). The molecule has 1 atom stereocenters. The summed E-state index contributed by atoms with van der Waals surface area (Å²) in [6.07, 6.45) is 2.31. The second-order valence-corrected chi connectivity index (χ2v) is 11.1. The van der Waals surface area contributed by atoms with Gasteiger partial charge in [0.15, 0.2) is 0 Å². The van der Waals surface area contributed by atoms with E-state index in [0.717, 1.165) is 54.8 Å². The zero-order chi connectivity index (χ0) is 29.0. The molecule has 1 saturated heterocycles. The number of phenols is 1. The topological polar surface area (TPSA) is 72.5 Å². The first-order valence-electron chi connectivity index (χ1n) is 14.5. The summed E-state index contributed by atoms with van der Waals surface area (Å²) in [6, 6.07) is 23.1. The molecule has 6 nitrogen and oxygen atoms in total. The van der Waals surface area contributed by atoms with Gasteiger partial charge in [-0.15, -0.1) is 0 Å². The maximum absolute atomic E-state index is 14.5. The molecule has 2 aliphatic heterocycles. The van der Waals surface area contributed by atoms with Crippen LogP contribution in [0.1, 0.15) is 59.0 Å². The summed E-state index contributed by atoms with van der Waals surface area (Å²) in [5.74, 6) is -0.607. The van der Waals surface area contributed by atoms with E-state index in [-0.39, 0.29) is 29.6 Å². The van der Waals surface area contributed by atoms with Gasteiger partial charge in [-0.05, 0) is 97.5 Å². The average molecular weight is 548 g/mol. The van der Waals surface area contributed by atoms with E-state index in [1.165, 1.54) is 16.5 Å². The van der Waals surface area contributed by atoms with Crippen molar-refractivity contribution in [3.8, 4) is 16.9 Å². The third-order valence-electron chi connectivity index (χ3n) is 8.45. The van der Waals surface area contributed by atoms with Crippen molar-refractivity contribution in [2.45, 2.75) is 31.3 Å². The van der Waals surface area contributed by atoms with Crippen LogP contribution in [0.2, 0.25) is 0 Å². The molecule has 1 aromatic heterocycles. The van der Waals surface area contributed by atoms with Crippen molar-refractivity contribution in [3.63, 3.8) is 0 Å². The standard InChI is InChI=1S/C34H31FN4O2/c1-38-16-14-23(15-17-38)21-6-8-22(9-7-21)24-10-11-25-20-39(34(41)27(25)18-24)32(28-19-26(35)12-13-31(28)40)33-36-29-4-2-3-5-30(29)37-33/h2-13,18-19,23,32,40H,14-17,20H2,1H3,(H,36,37)/t32-/m0/s1/i32D. The number of aromatic amines is 1. The van der Waals surface area contributed by atoms with Gasteiger partial charge in [0.25, 0.3) is 5.91 Å². The Morgan fingerprint density at radius 3 is 2.54 bits per heavy atom. The maximum Gasteiger partial charge on any atom is 0.255 e. The van der Waals surface area contributed by atoms with Crippen molar-refractivity contribution in [2.24, 2.45) is 0 Å². The van der Waals surface area contributed by atoms with E-state index >= 15 is 0 Å². The fourth-order valence-corrected chi connectivity index (χ4v) is 6.11. The van der Waals surface area contributed by atoms with Crippen LogP contribution in [0.15, 0.2) is 84.9 Å². The molecular weight excluding hydrogens is 515 g/mol. The number of piperidine rings is 1. The summed E-state index contributed by atoms with van der Waals surface area (Å²) in [6.45, 7) is 2.32. The molecule has 3 heterocycles. The normalized spacial score (nSPS) is 18.0. The molecular formula is C34H31FN4O2. The van der Waals surface area contributed by atoms with Crippen LogP contribution in [0.5, 0.6) is 5.75 Å². The molecule has 206 valence electrons. The molecule has 2 N–H and O–H groups in total. The lowest BCUT2D eigenvalue weighted by molar-refractivity contribution is 0.0723. The first kappa shape index (κ1) is 24.3. The molecule has 1 amide bonds.